The van der Waals surface area contributed by atoms with Gasteiger partial charge in [0.15, 0.2) is 0 Å². The van der Waals surface area contributed by atoms with Crippen LogP contribution >= 0.6 is 15.9 Å². The third-order valence-electron chi connectivity index (χ3n) is 3.96. The fraction of sp³-hybridized carbons (Fsp3) is 0.294. The smallest absolute Gasteiger partial charge is 0.256 e. The topological polar surface area (TPSA) is 48.5 Å². The van der Waals surface area contributed by atoms with E-state index in [0.29, 0.717) is 11.4 Å². The van der Waals surface area contributed by atoms with Gasteiger partial charge in [-0.2, -0.15) is 0 Å². The van der Waals surface area contributed by atoms with Gasteiger partial charge in [0.25, 0.3) is 5.91 Å². The van der Waals surface area contributed by atoms with Crippen LogP contribution < -0.4 is 10.2 Å². The van der Waals surface area contributed by atoms with Gasteiger partial charge < -0.3 is 15.1 Å². The Morgan fingerprint density at radius 3 is 2.39 bits per heavy atom. The third kappa shape index (κ3) is 4.09. The van der Waals surface area contributed by atoms with Gasteiger partial charge in [0, 0.05) is 36.2 Å². The highest BCUT2D eigenvalue weighted by molar-refractivity contribution is 9.10. The number of pyridine rings is 1. The molecule has 120 valence electrons. The zero-order valence-corrected chi connectivity index (χ0v) is 14.6. The molecule has 2 aromatic rings. The van der Waals surface area contributed by atoms with E-state index < -0.39 is 0 Å². The first-order chi connectivity index (χ1) is 11.1. The van der Waals surface area contributed by atoms with Gasteiger partial charge in [0.05, 0.1) is 11.9 Å². The van der Waals surface area contributed by atoms with E-state index in [2.05, 4.69) is 43.1 Å². The van der Waals surface area contributed by atoms with Gasteiger partial charge in [-0.05, 0) is 43.4 Å². The molecular formula is C17H19BrN4O. The molecule has 3 rings (SSSR count). The normalized spacial score (nSPS) is 15.5. The van der Waals surface area contributed by atoms with Gasteiger partial charge in [0.1, 0.15) is 5.82 Å². The second-order valence-electron chi connectivity index (χ2n) is 5.65. The number of nitrogens with one attached hydrogen (secondary N) is 1. The molecule has 1 N–H and O–H groups in total. The molecular weight excluding hydrogens is 356 g/mol. The van der Waals surface area contributed by atoms with Crippen molar-refractivity contribution < 1.29 is 4.79 Å². The predicted molar refractivity (Wildman–Crippen MR) is 96.0 cm³/mol. The number of likely N-dealkylation sites (N-methyl/N-ethyl adjacent to an activating group) is 1. The van der Waals surface area contributed by atoms with E-state index >= 15 is 0 Å². The Morgan fingerprint density at radius 2 is 1.78 bits per heavy atom. The summed E-state index contributed by atoms with van der Waals surface area (Å²) in [5, 5.41) is 2.82. The first-order valence-electron chi connectivity index (χ1n) is 7.58. The van der Waals surface area contributed by atoms with Crippen molar-refractivity contribution in [3.8, 4) is 0 Å². The highest BCUT2D eigenvalue weighted by Crippen LogP contribution is 2.17. The summed E-state index contributed by atoms with van der Waals surface area (Å²) in [7, 11) is 2.14. The SMILES string of the molecule is CN1CCN(c2ccc(NC(=O)c3ccc(Br)cc3)nc2)CC1. The lowest BCUT2D eigenvalue weighted by Crippen LogP contribution is -2.44. The highest BCUT2D eigenvalue weighted by Gasteiger charge is 2.14. The molecule has 6 heteroatoms. The molecule has 0 spiro atoms. The molecule has 1 fully saturated rings. The Kier molecular flexibility index (Phi) is 4.93. The summed E-state index contributed by atoms with van der Waals surface area (Å²) in [6.07, 6.45) is 1.82. The van der Waals surface area contributed by atoms with Crippen LogP contribution in [0.2, 0.25) is 0 Å². The summed E-state index contributed by atoms with van der Waals surface area (Å²) in [4.78, 5) is 21.2. The quantitative estimate of drug-likeness (QED) is 0.897. The lowest BCUT2D eigenvalue weighted by atomic mass is 10.2. The molecule has 1 aliphatic heterocycles. The number of piperazine rings is 1. The van der Waals surface area contributed by atoms with E-state index in [1.165, 1.54) is 0 Å². The molecule has 2 heterocycles. The Hall–Kier alpha value is -1.92. The molecule has 0 radical (unpaired) electrons. The van der Waals surface area contributed by atoms with Crippen LogP contribution in [0.15, 0.2) is 47.1 Å². The molecule has 1 saturated heterocycles. The zero-order valence-electron chi connectivity index (χ0n) is 13.0. The standard InChI is InChI=1S/C17H19BrN4O/c1-21-8-10-22(11-9-21)15-6-7-16(19-12-15)20-17(23)13-2-4-14(18)5-3-13/h2-7,12H,8-11H2,1H3,(H,19,20,23). The van der Waals surface area contributed by atoms with E-state index in [1.54, 1.807) is 12.1 Å². The van der Waals surface area contributed by atoms with E-state index in [-0.39, 0.29) is 5.91 Å². The number of hydrogen-bond acceptors (Lipinski definition) is 4. The average molecular weight is 375 g/mol. The van der Waals surface area contributed by atoms with Crippen molar-refractivity contribution in [3.63, 3.8) is 0 Å². The van der Waals surface area contributed by atoms with Crippen LogP contribution in [-0.2, 0) is 0 Å². The number of nitrogens with zero attached hydrogens (tertiary/aromatic N) is 3. The monoisotopic (exact) mass is 374 g/mol. The Balaban J connectivity index is 1.63. The van der Waals surface area contributed by atoms with Gasteiger partial charge >= 0.3 is 0 Å². The van der Waals surface area contributed by atoms with E-state index in [0.717, 1.165) is 36.3 Å². The molecule has 0 unspecified atom stereocenters. The number of halogens is 1. The van der Waals surface area contributed by atoms with Crippen LogP contribution in [0.25, 0.3) is 0 Å². The van der Waals surface area contributed by atoms with Crippen molar-refractivity contribution in [2.24, 2.45) is 0 Å². The molecule has 23 heavy (non-hydrogen) atoms. The lowest BCUT2D eigenvalue weighted by molar-refractivity contribution is 0.102. The minimum absolute atomic E-state index is 0.155. The summed E-state index contributed by atoms with van der Waals surface area (Å²) >= 11 is 3.36. The van der Waals surface area contributed by atoms with Gasteiger partial charge in [-0.3, -0.25) is 4.79 Å². The first-order valence-corrected chi connectivity index (χ1v) is 8.37. The average Bonchev–Trinajstić information content (AvgIpc) is 2.57. The summed E-state index contributed by atoms with van der Waals surface area (Å²) in [5.41, 5.74) is 1.71. The number of anilines is 2. The number of aromatic nitrogens is 1. The molecule has 1 aromatic carbocycles. The van der Waals surface area contributed by atoms with Crippen molar-refractivity contribution in [2.45, 2.75) is 0 Å². The summed E-state index contributed by atoms with van der Waals surface area (Å²) in [6, 6.07) is 11.1. The largest absolute Gasteiger partial charge is 0.368 e. The van der Waals surface area contributed by atoms with Crippen molar-refractivity contribution in [1.82, 2.24) is 9.88 Å². The molecule has 0 aliphatic carbocycles. The van der Waals surface area contributed by atoms with E-state index in [9.17, 15) is 4.79 Å². The van der Waals surface area contributed by atoms with E-state index in [4.69, 9.17) is 0 Å². The number of rotatable bonds is 3. The molecule has 0 bridgehead atoms. The minimum atomic E-state index is -0.155. The molecule has 0 saturated carbocycles. The summed E-state index contributed by atoms with van der Waals surface area (Å²) < 4.78 is 0.948. The number of amides is 1. The molecule has 1 amide bonds. The van der Waals surface area contributed by atoms with Crippen molar-refractivity contribution >= 4 is 33.3 Å². The van der Waals surface area contributed by atoms with Crippen molar-refractivity contribution in [2.75, 3.05) is 43.4 Å². The maximum atomic E-state index is 12.2. The first kappa shape index (κ1) is 16.0. The van der Waals surface area contributed by atoms with E-state index in [1.807, 2.05) is 30.5 Å². The van der Waals surface area contributed by atoms with Crippen LogP contribution in [0, 0.1) is 0 Å². The summed E-state index contributed by atoms with van der Waals surface area (Å²) in [6.45, 7) is 4.12. The predicted octanol–water partition coefficient (Wildman–Crippen LogP) is 2.85. The van der Waals surface area contributed by atoms with Crippen LogP contribution in [0.3, 0.4) is 0 Å². The van der Waals surface area contributed by atoms with Crippen LogP contribution in [-0.4, -0.2) is 49.0 Å². The fourth-order valence-corrected chi connectivity index (χ4v) is 2.77. The third-order valence-corrected chi connectivity index (χ3v) is 4.49. The van der Waals surface area contributed by atoms with Crippen LogP contribution in [0.1, 0.15) is 10.4 Å². The zero-order chi connectivity index (χ0) is 16.2. The van der Waals surface area contributed by atoms with Gasteiger partial charge in [0.2, 0.25) is 0 Å². The van der Waals surface area contributed by atoms with Crippen LogP contribution in [0.4, 0.5) is 11.5 Å². The number of hydrogen-bond donors (Lipinski definition) is 1. The molecule has 5 nitrogen and oxygen atoms in total. The Morgan fingerprint density at radius 1 is 1.09 bits per heavy atom. The maximum Gasteiger partial charge on any atom is 0.256 e. The number of carbonyl (C=O) groups excluding carboxylic acids is 1. The van der Waals surface area contributed by atoms with Crippen molar-refractivity contribution in [1.29, 1.82) is 0 Å². The Labute approximate surface area is 144 Å². The van der Waals surface area contributed by atoms with Crippen molar-refractivity contribution in [3.05, 3.63) is 52.6 Å². The second kappa shape index (κ2) is 7.10. The summed E-state index contributed by atoms with van der Waals surface area (Å²) in [5.74, 6) is 0.410. The van der Waals surface area contributed by atoms with Gasteiger partial charge in [-0.15, -0.1) is 0 Å². The number of benzene rings is 1. The molecule has 1 aliphatic rings. The lowest BCUT2D eigenvalue weighted by Gasteiger charge is -2.33. The van der Waals surface area contributed by atoms with Gasteiger partial charge in [-0.1, -0.05) is 15.9 Å². The Bertz CT molecular complexity index is 664. The highest BCUT2D eigenvalue weighted by atomic mass is 79.9. The second-order valence-corrected chi connectivity index (χ2v) is 6.57. The number of carbonyl (C=O) groups is 1. The molecule has 1 aromatic heterocycles. The fourth-order valence-electron chi connectivity index (χ4n) is 2.50. The van der Waals surface area contributed by atoms with Crippen LogP contribution in [0.5, 0.6) is 0 Å². The molecule has 0 atom stereocenters. The van der Waals surface area contributed by atoms with Gasteiger partial charge in [-0.25, -0.2) is 4.98 Å². The maximum absolute atomic E-state index is 12.2. The minimum Gasteiger partial charge on any atom is -0.368 e.